The van der Waals surface area contributed by atoms with Gasteiger partial charge in [0.25, 0.3) is 0 Å². The Hall–Kier alpha value is -1.49. The first-order valence-electron chi connectivity index (χ1n) is 7.29. The number of para-hydroxylation sites is 1. The maximum absolute atomic E-state index is 12.1. The van der Waals surface area contributed by atoms with E-state index in [0.717, 1.165) is 29.2 Å². The molecule has 0 aliphatic heterocycles. The number of thioether (sulfide) groups is 1. The number of carboxylic acids is 1. The molecule has 0 heterocycles. The molecule has 0 spiro atoms. The van der Waals surface area contributed by atoms with E-state index >= 15 is 0 Å². The van der Waals surface area contributed by atoms with Crippen LogP contribution in [0.3, 0.4) is 0 Å². The van der Waals surface area contributed by atoms with Gasteiger partial charge >= 0.3 is 5.97 Å². The highest BCUT2D eigenvalue weighted by molar-refractivity contribution is 7.99. The second-order valence-corrected chi connectivity index (χ2v) is 6.16. The van der Waals surface area contributed by atoms with Crippen LogP contribution in [0.2, 0.25) is 0 Å². The minimum Gasteiger partial charge on any atom is -0.481 e. The van der Waals surface area contributed by atoms with Crippen molar-refractivity contribution >= 4 is 29.3 Å². The molecule has 2 N–H and O–H groups in total. The van der Waals surface area contributed by atoms with Crippen LogP contribution in [0.15, 0.2) is 29.2 Å². The highest BCUT2D eigenvalue weighted by Crippen LogP contribution is 2.28. The molecule has 4 nitrogen and oxygen atoms in total. The second-order valence-electron chi connectivity index (χ2n) is 5.02. The van der Waals surface area contributed by atoms with Gasteiger partial charge in [0.05, 0.1) is 5.69 Å². The molecule has 1 rings (SSSR count). The van der Waals surface area contributed by atoms with E-state index in [0.29, 0.717) is 6.42 Å². The zero-order valence-electron chi connectivity index (χ0n) is 12.6. The fraction of sp³-hybridized carbons (Fsp3) is 0.500. The monoisotopic (exact) mass is 309 g/mol. The lowest BCUT2D eigenvalue weighted by Crippen LogP contribution is -2.20. The molecular formula is C16H23NO3S. The molecule has 0 aliphatic rings. The van der Waals surface area contributed by atoms with Crippen molar-refractivity contribution in [3.05, 3.63) is 24.3 Å². The maximum atomic E-state index is 12.1. The number of benzene rings is 1. The minimum absolute atomic E-state index is 0.0000616. The van der Waals surface area contributed by atoms with E-state index in [9.17, 15) is 9.59 Å². The Morgan fingerprint density at radius 3 is 2.71 bits per heavy atom. The molecule has 0 fully saturated rings. The van der Waals surface area contributed by atoms with Gasteiger partial charge in [-0.15, -0.1) is 11.8 Å². The lowest BCUT2D eigenvalue weighted by atomic mass is 10.1. The van der Waals surface area contributed by atoms with Crippen molar-refractivity contribution in [3.63, 3.8) is 0 Å². The van der Waals surface area contributed by atoms with E-state index in [1.54, 1.807) is 11.8 Å². The standard InChI is InChI=1S/C16H23NO3S/c1-3-7-12(2)16(20)17-13-8-4-5-9-14(13)21-11-6-10-15(18)19/h4-5,8-9,12H,3,6-7,10-11H2,1-2H3,(H,17,20)(H,18,19)/t12-/m0/s1. The molecule has 0 radical (unpaired) electrons. The van der Waals surface area contributed by atoms with Gasteiger partial charge < -0.3 is 10.4 Å². The summed E-state index contributed by atoms with van der Waals surface area (Å²) in [4.78, 5) is 23.6. The number of aliphatic carboxylic acids is 1. The number of nitrogens with one attached hydrogen (secondary N) is 1. The largest absolute Gasteiger partial charge is 0.481 e. The van der Waals surface area contributed by atoms with E-state index in [2.05, 4.69) is 12.2 Å². The van der Waals surface area contributed by atoms with Gasteiger partial charge in [0.2, 0.25) is 5.91 Å². The first-order valence-corrected chi connectivity index (χ1v) is 8.27. The number of rotatable bonds is 9. The molecule has 0 aliphatic carbocycles. The molecule has 0 saturated carbocycles. The molecule has 116 valence electrons. The van der Waals surface area contributed by atoms with Crippen LogP contribution >= 0.6 is 11.8 Å². The number of carboxylic acid groups (broad SMARTS) is 1. The first kappa shape index (κ1) is 17.6. The highest BCUT2D eigenvalue weighted by Gasteiger charge is 2.13. The predicted octanol–water partition coefficient (Wildman–Crippen LogP) is 4.02. The summed E-state index contributed by atoms with van der Waals surface area (Å²) in [5, 5.41) is 11.6. The smallest absolute Gasteiger partial charge is 0.303 e. The number of carbonyl (C=O) groups is 2. The van der Waals surface area contributed by atoms with Crippen molar-refractivity contribution in [2.45, 2.75) is 44.4 Å². The van der Waals surface area contributed by atoms with Gasteiger partial charge in [-0.1, -0.05) is 32.4 Å². The molecule has 0 saturated heterocycles. The Morgan fingerprint density at radius 2 is 2.05 bits per heavy atom. The van der Waals surface area contributed by atoms with Crippen LogP contribution in [-0.2, 0) is 9.59 Å². The van der Waals surface area contributed by atoms with Crippen molar-refractivity contribution in [2.24, 2.45) is 5.92 Å². The van der Waals surface area contributed by atoms with E-state index in [4.69, 9.17) is 5.11 Å². The molecule has 21 heavy (non-hydrogen) atoms. The van der Waals surface area contributed by atoms with E-state index in [1.807, 2.05) is 31.2 Å². The molecule has 0 aromatic heterocycles. The summed E-state index contributed by atoms with van der Waals surface area (Å²) in [5.74, 6) is -0.00922. The summed E-state index contributed by atoms with van der Waals surface area (Å²) in [5.41, 5.74) is 0.811. The van der Waals surface area contributed by atoms with Gasteiger partial charge in [-0.05, 0) is 30.7 Å². The number of amides is 1. The van der Waals surface area contributed by atoms with Crippen molar-refractivity contribution < 1.29 is 14.7 Å². The van der Waals surface area contributed by atoms with Crippen LogP contribution in [0.1, 0.15) is 39.5 Å². The Kier molecular flexibility index (Phi) is 7.90. The van der Waals surface area contributed by atoms with Crippen molar-refractivity contribution in [1.29, 1.82) is 0 Å². The predicted molar refractivity (Wildman–Crippen MR) is 86.7 cm³/mol. The highest BCUT2D eigenvalue weighted by atomic mass is 32.2. The zero-order chi connectivity index (χ0) is 15.7. The summed E-state index contributed by atoms with van der Waals surface area (Å²) in [7, 11) is 0. The molecular weight excluding hydrogens is 286 g/mol. The average Bonchev–Trinajstić information content (AvgIpc) is 2.45. The van der Waals surface area contributed by atoms with Crippen LogP contribution in [0.5, 0.6) is 0 Å². The van der Waals surface area contributed by atoms with Crippen molar-refractivity contribution in [3.8, 4) is 0 Å². The zero-order valence-corrected chi connectivity index (χ0v) is 13.4. The topological polar surface area (TPSA) is 66.4 Å². The Labute approximate surface area is 130 Å². The summed E-state index contributed by atoms with van der Waals surface area (Å²) in [6.45, 7) is 4.00. The quantitative estimate of drug-likeness (QED) is 0.534. The SMILES string of the molecule is CCC[C@H](C)C(=O)Nc1ccccc1SCCCC(=O)O. The normalized spacial score (nSPS) is 11.9. The van der Waals surface area contributed by atoms with Crippen molar-refractivity contribution in [2.75, 3.05) is 11.1 Å². The van der Waals surface area contributed by atoms with Gasteiger partial charge in [0.15, 0.2) is 0 Å². The number of anilines is 1. The summed E-state index contributed by atoms with van der Waals surface area (Å²) < 4.78 is 0. The van der Waals surface area contributed by atoms with E-state index in [-0.39, 0.29) is 18.2 Å². The summed E-state index contributed by atoms with van der Waals surface area (Å²) >= 11 is 1.58. The molecule has 1 atom stereocenters. The molecule has 0 bridgehead atoms. The van der Waals surface area contributed by atoms with E-state index in [1.165, 1.54) is 0 Å². The Morgan fingerprint density at radius 1 is 1.33 bits per heavy atom. The lowest BCUT2D eigenvalue weighted by Gasteiger charge is -2.14. The van der Waals surface area contributed by atoms with Gasteiger partial charge in [-0.3, -0.25) is 9.59 Å². The molecule has 0 unspecified atom stereocenters. The third-order valence-corrected chi connectivity index (χ3v) is 4.27. The minimum atomic E-state index is -0.773. The van der Waals surface area contributed by atoms with Crippen LogP contribution in [-0.4, -0.2) is 22.7 Å². The number of hydrogen-bond acceptors (Lipinski definition) is 3. The summed E-state index contributed by atoms with van der Waals surface area (Å²) in [6, 6.07) is 7.65. The number of carbonyl (C=O) groups excluding carboxylic acids is 1. The molecule has 5 heteroatoms. The Balaban J connectivity index is 2.58. The molecule has 1 aromatic carbocycles. The van der Waals surface area contributed by atoms with Gasteiger partial charge in [0, 0.05) is 17.2 Å². The average molecular weight is 309 g/mol. The van der Waals surface area contributed by atoms with Gasteiger partial charge in [-0.25, -0.2) is 0 Å². The van der Waals surface area contributed by atoms with Gasteiger partial charge in [-0.2, -0.15) is 0 Å². The van der Waals surface area contributed by atoms with Crippen LogP contribution in [0.4, 0.5) is 5.69 Å². The molecule has 1 amide bonds. The fourth-order valence-electron chi connectivity index (χ4n) is 1.92. The number of hydrogen-bond donors (Lipinski definition) is 2. The van der Waals surface area contributed by atoms with Crippen LogP contribution in [0, 0.1) is 5.92 Å². The first-order chi connectivity index (χ1) is 10.0. The lowest BCUT2D eigenvalue weighted by molar-refractivity contribution is -0.137. The third-order valence-electron chi connectivity index (χ3n) is 3.11. The second kappa shape index (κ2) is 9.45. The van der Waals surface area contributed by atoms with Gasteiger partial charge in [0.1, 0.15) is 0 Å². The van der Waals surface area contributed by atoms with E-state index < -0.39 is 5.97 Å². The molecule has 1 aromatic rings. The third kappa shape index (κ3) is 6.67. The fourth-order valence-corrected chi connectivity index (χ4v) is 2.88. The van der Waals surface area contributed by atoms with Crippen LogP contribution < -0.4 is 5.32 Å². The van der Waals surface area contributed by atoms with Crippen molar-refractivity contribution in [1.82, 2.24) is 0 Å². The Bertz CT molecular complexity index is 476. The maximum Gasteiger partial charge on any atom is 0.303 e. The van der Waals surface area contributed by atoms with Crippen LogP contribution in [0.25, 0.3) is 0 Å². The summed E-state index contributed by atoms with van der Waals surface area (Å²) in [6.07, 6.45) is 2.66.